The Morgan fingerprint density at radius 3 is 2.43 bits per heavy atom. The van der Waals surface area contributed by atoms with Crippen LogP contribution in [-0.4, -0.2) is 42.5 Å². The first-order valence-electron chi connectivity index (χ1n) is 9.09. The molecule has 28 heavy (non-hydrogen) atoms. The summed E-state index contributed by atoms with van der Waals surface area (Å²) in [6.45, 7) is 3.70. The molecule has 1 amide bonds. The molecule has 2 aromatic rings. The van der Waals surface area contributed by atoms with Gasteiger partial charge in [-0.1, -0.05) is 30.3 Å². The zero-order valence-corrected chi connectivity index (χ0v) is 16.2. The quantitative estimate of drug-likeness (QED) is 0.761. The van der Waals surface area contributed by atoms with Crippen LogP contribution >= 0.6 is 0 Å². The van der Waals surface area contributed by atoms with Crippen molar-refractivity contribution in [3.05, 3.63) is 70.3 Å². The van der Waals surface area contributed by atoms with Gasteiger partial charge in [-0.25, -0.2) is 9.59 Å². The Labute approximate surface area is 164 Å². The number of methoxy groups -OCH3 is 1. The van der Waals surface area contributed by atoms with Crippen molar-refractivity contribution in [3.63, 3.8) is 0 Å². The van der Waals surface area contributed by atoms with Crippen LogP contribution in [0.5, 0.6) is 0 Å². The Kier molecular flexibility index (Phi) is 5.78. The van der Waals surface area contributed by atoms with Crippen molar-refractivity contribution in [2.45, 2.75) is 32.9 Å². The molecule has 0 unspecified atom stereocenters. The number of amides is 1. The predicted octanol–water partition coefficient (Wildman–Crippen LogP) is 2.59. The van der Waals surface area contributed by atoms with Gasteiger partial charge in [0.1, 0.15) is 6.04 Å². The molecule has 2 aromatic carbocycles. The van der Waals surface area contributed by atoms with Crippen LogP contribution in [0.2, 0.25) is 0 Å². The normalized spacial score (nSPS) is 15.5. The lowest BCUT2D eigenvalue weighted by atomic mass is 9.94. The molecule has 1 heterocycles. The van der Waals surface area contributed by atoms with E-state index in [0.717, 1.165) is 22.3 Å². The Morgan fingerprint density at radius 2 is 1.75 bits per heavy atom. The average Bonchev–Trinajstić information content (AvgIpc) is 2.72. The zero-order valence-electron chi connectivity index (χ0n) is 16.2. The monoisotopic (exact) mass is 381 g/mol. The molecule has 3 rings (SSSR count). The van der Waals surface area contributed by atoms with E-state index in [2.05, 4.69) is 0 Å². The van der Waals surface area contributed by atoms with E-state index < -0.39 is 30.5 Å². The molecule has 0 aromatic heterocycles. The SMILES string of the molecule is COC(=O)[C@H]1Cc2ccccc2CN1C(=O)COC(=O)c1ccc(C)c(C)c1. The summed E-state index contributed by atoms with van der Waals surface area (Å²) in [5, 5.41) is 0. The van der Waals surface area contributed by atoms with Crippen molar-refractivity contribution < 1.29 is 23.9 Å². The highest BCUT2D eigenvalue weighted by Crippen LogP contribution is 2.24. The molecule has 0 fully saturated rings. The molecular formula is C22H23NO5. The van der Waals surface area contributed by atoms with Gasteiger partial charge in [-0.2, -0.15) is 0 Å². The number of rotatable bonds is 4. The molecule has 6 nitrogen and oxygen atoms in total. The first-order chi connectivity index (χ1) is 13.4. The number of esters is 2. The molecule has 1 aliphatic heterocycles. The molecule has 0 bridgehead atoms. The first kappa shape index (κ1) is 19.6. The summed E-state index contributed by atoms with van der Waals surface area (Å²) < 4.78 is 10.1. The van der Waals surface area contributed by atoms with Gasteiger partial charge in [-0.3, -0.25) is 4.79 Å². The van der Waals surface area contributed by atoms with E-state index in [0.29, 0.717) is 12.0 Å². The number of carbonyl (C=O) groups is 3. The zero-order chi connectivity index (χ0) is 20.3. The molecule has 146 valence electrons. The third kappa shape index (κ3) is 4.06. The minimum atomic E-state index is -0.729. The van der Waals surface area contributed by atoms with E-state index in [1.54, 1.807) is 12.1 Å². The molecule has 1 aliphatic rings. The van der Waals surface area contributed by atoms with Crippen molar-refractivity contribution >= 4 is 17.8 Å². The minimum absolute atomic E-state index is 0.274. The average molecular weight is 381 g/mol. The van der Waals surface area contributed by atoms with Crippen molar-refractivity contribution in [1.82, 2.24) is 4.90 Å². The summed E-state index contributed by atoms with van der Waals surface area (Å²) in [5.41, 5.74) is 4.41. The molecule has 0 saturated heterocycles. The highest BCUT2D eigenvalue weighted by atomic mass is 16.5. The van der Waals surface area contributed by atoms with E-state index in [1.165, 1.54) is 12.0 Å². The van der Waals surface area contributed by atoms with Crippen LogP contribution in [0.1, 0.15) is 32.6 Å². The Bertz CT molecular complexity index is 921. The number of hydrogen-bond donors (Lipinski definition) is 0. The van der Waals surface area contributed by atoms with Gasteiger partial charge in [0.25, 0.3) is 5.91 Å². The van der Waals surface area contributed by atoms with Crippen LogP contribution in [0.3, 0.4) is 0 Å². The summed E-state index contributed by atoms with van der Waals surface area (Å²) in [7, 11) is 1.30. The van der Waals surface area contributed by atoms with Gasteiger partial charge >= 0.3 is 11.9 Å². The van der Waals surface area contributed by atoms with Gasteiger partial charge in [-0.05, 0) is 48.2 Å². The van der Waals surface area contributed by atoms with Gasteiger partial charge in [0.2, 0.25) is 0 Å². The Morgan fingerprint density at radius 1 is 1.04 bits per heavy atom. The van der Waals surface area contributed by atoms with E-state index in [1.807, 2.05) is 44.2 Å². The largest absolute Gasteiger partial charge is 0.467 e. The summed E-state index contributed by atoms with van der Waals surface area (Å²) >= 11 is 0. The maximum Gasteiger partial charge on any atom is 0.338 e. The van der Waals surface area contributed by atoms with Gasteiger partial charge in [0.05, 0.1) is 12.7 Å². The number of benzene rings is 2. The van der Waals surface area contributed by atoms with E-state index in [4.69, 9.17) is 9.47 Å². The van der Waals surface area contributed by atoms with E-state index in [-0.39, 0.29) is 6.54 Å². The Hall–Kier alpha value is -3.15. The number of carbonyl (C=O) groups excluding carboxylic acids is 3. The Balaban J connectivity index is 1.71. The van der Waals surface area contributed by atoms with E-state index in [9.17, 15) is 14.4 Å². The summed E-state index contributed by atoms with van der Waals surface area (Å²) in [6, 6.07) is 12.2. The fraction of sp³-hybridized carbons (Fsp3) is 0.318. The summed E-state index contributed by atoms with van der Waals surface area (Å²) in [6.07, 6.45) is 0.375. The summed E-state index contributed by atoms with van der Waals surface area (Å²) in [5.74, 6) is -1.48. The van der Waals surface area contributed by atoms with Crippen LogP contribution < -0.4 is 0 Å². The molecule has 0 spiro atoms. The number of fused-ring (bicyclic) bond motifs is 1. The third-order valence-electron chi connectivity index (χ3n) is 5.11. The molecule has 0 aliphatic carbocycles. The number of hydrogen-bond acceptors (Lipinski definition) is 5. The first-order valence-corrected chi connectivity index (χ1v) is 9.09. The highest BCUT2D eigenvalue weighted by Gasteiger charge is 2.35. The second-order valence-electron chi connectivity index (χ2n) is 6.91. The second-order valence-corrected chi connectivity index (χ2v) is 6.91. The molecular weight excluding hydrogens is 358 g/mol. The van der Waals surface area contributed by atoms with Gasteiger partial charge in [0, 0.05) is 13.0 Å². The smallest absolute Gasteiger partial charge is 0.338 e. The van der Waals surface area contributed by atoms with Crippen molar-refractivity contribution in [2.75, 3.05) is 13.7 Å². The maximum atomic E-state index is 12.7. The van der Waals surface area contributed by atoms with Gasteiger partial charge in [-0.15, -0.1) is 0 Å². The molecule has 0 saturated carbocycles. The van der Waals surface area contributed by atoms with Crippen LogP contribution in [0.15, 0.2) is 42.5 Å². The predicted molar refractivity (Wildman–Crippen MR) is 103 cm³/mol. The molecule has 0 radical (unpaired) electrons. The fourth-order valence-corrected chi connectivity index (χ4v) is 3.29. The lowest BCUT2D eigenvalue weighted by Gasteiger charge is -2.35. The number of aryl methyl sites for hydroxylation is 2. The standard InChI is InChI=1S/C22H23NO5/c1-14-8-9-17(10-15(14)2)21(25)28-13-20(24)23-12-18-7-5-4-6-16(18)11-19(23)22(26)27-3/h4-10,19H,11-13H2,1-3H3/t19-/m1/s1. The van der Waals surface area contributed by atoms with Crippen molar-refractivity contribution in [1.29, 1.82) is 0 Å². The highest BCUT2D eigenvalue weighted by molar-refractivity contribution is 5.92. The summed E-state index contributed by atoms with van der Waals surface area (Å²) in [4.78, 5) is 38.6. The number of nitrogens with zero attached hydrogens (tertiary/aromatic N) is 1. The van der Waals surface area contributed by atoms with Crippen LogP contribution in [0, 0.1) is 13.8 Å². The van der Waals surface area contributed by atoms with Crippen LogP contribution in [-0.2, 0) is 32.0 Å². The minimum Gasteiger partial charge on any atom is -0.467 e. The lowest BCUT2D eigenvalue weighted by Crippen LogP contribution is -2.50. The van der Waals surface area contributed by atoms with Crippen molar-refractivity contribution in [2.24, 2.45) is 0 Å². The topological polar surface area (TPSA) is 72.9 Å². The van der Waals surface area contributed by atoms with Crippen LogP contribution in [0.4, 0.5) is 0 Å². The molecule has 1 atom stereocenters. The fourth-order valence-electron chi connectivity index (χ4n) is 3.29. The lowest BCUT2D eigenvalue weighted by molar-refractivity contribution is -0.155. The second kappa shape index (κ2) is 8.25. The molecule has 6 heteroatoms. The van der Waals surface area contributed by atoms with Gasteiger partial charge < -0.3 is 14.4 Å². The number of ether oxygens (including phenoxy) is 2. The van der Waals surface area contributed by atoms with E-state index >= 15 is 0 Å². The maximum absolute atomic E-state index is 12.7. The van der Waals surface area contributed by atoms with Crippen molar-refractivity contribution in [3.8, 4) is 0 Å². The molecule has 0 N–H and O–H groups in total. The van der Waals surface area contributed by atoms with Gasteiger partial charge in [0.15, 0.2) is 6.61 Å². The third-order valence-corrected chi connectivity index (χ3v) is 5.11. The van der Waals surface area contributed by atoms with Crippen LogP contribution in [0.25, 0.3) is 0 Å².